The topological polar surface area (TPSA) is 24.5 Å². The van der Waals surface area contributed by atoms with Gasteiger partial charge in [-0.25, -0.2) is 0 Å². The highest BCUT2D eigenvalue weighted by Gasteiger charge is 2.23. The number of nitrogens with one attached hydrogen (secondary N) is 1. The Balaban J connectivity index is 1.48. The van der Waals surface area contributed by atoms with Crippen LogP contribution in [0.15, 0.2) is 0 Å². The average Bonchev–Trinajstić information content (AvgIpc) is 3.18. The first-order valence-electron chi connectivity index (χ1n) is 7.30. The van der Waals surface area contributed by atoms with Crippen molar-refractivity contribution in [3.63, 3.8) is 0 Å². The maximum atomic E-state index is 5.04. The first-order chi connectivity index (χ1) is 8.38. The Morgan fingerprint density at radius 3 is 2.53 bits per heavy atom. The molecule has 1 heterocycles. The van der Waals surface area contributed by atoms with Crippen molar-refractivity contribution in [3.8, 4) is 0 Å². The van der Waals surface area contributed by atoms with E-state index < -0.39 is 0 Å². The first-order valence-corrected chi connectivity index (χ1v) is 7.30. The molecule has 0 amide bonds. The zero-order chi connectivity index (χ0) is 11.9. The van der Waals surface area contributed by atoms with Crippen LogP contribution in [0.5, 0.6) is 0 Å². The third-order valence-corrected chi connectivity index (χ3v) is 4.17. The monoisotopic (exact) mass is 240 g/mol. The Hall–Kier alpha value is -0.120. The fraction of sp³-hybridized carbons (Fsp3) is 1.00. The SMILES string of the molecule is COCCNCC1CCN(CCC2CC2)CC1. The number of methoxy groups -OCH3 is 1. The summed E-state index contributed by atoms with van der Waals surface area (Å²) in [5.41, 5.74) is 0. The van der Waals surface area contributed by atoms with Gasteiger partial charge in [-0.15, -0.1) is 0 Å². The zero-order valence-electron chi connectivity index (χ0n) is 11.3. The molecule has 0 atom stereocenters. The van der Waals surface area contributed by atoms with Crippen LogP contribution in [0.3, 0.4) is 0 Å². The lowest BCUT2D eigenvalue weighted by atomic mass is 9.96. The second kappa shape index (κ2) is 7.34. The maximum absolute atomic E-state index is 5.04. The molecule has 3 nitrogen and oxygen atoms in total. The highest BCUT2D eigenvalue weighted by molar-refractivity contribution is 4.78. The highest BCUT2D eigenvalue weighted by atomic mass is 16.5. The van der Waals surface area contributed by atoms with Gasteiger partial charge in [0, 0.05) is 13.7 Å². The van der Waals surface area contributed by atoms with Crippen LogP contribution in [0.1, 0.15) is 32.1 Å². The molecule has 2 fully saturated rings. The Labute approximate surface area is 106 Å². The fourth-order valence-electron chi connectivity index (χ4n) is 2.67. The molecule has 17 heavy (non-hydrogen) atoms. The molecule has 3 heteroatoms. The average molecular weight is 240 g/mol. The predicted octanol–water partition coefficient (Wildman–Crippen LogP) is 1.73. The predicted molar refractivity (Wildman–Crippen MR) is 71.3 cm³/mol. The third kappa shape index (κ3) is 5.36. The molecule has 1 aliphatic carbocycles. The van der Waals surface area contributed by atoms with Gasteiger partial charge in [-0.05, 0) is 57.3 Å². The van der Waals surface area contributed by atoms with Gasteiger partial charge < -0.3 is 15.0 Å². The van der Waals surface area contributed by atoms with Crippen LogP contribution in [-0.4, -0.2) is 51.3 Å². The molecule has 0 unspecified atom stereocenters. The van der Waals surface area contributed by atoms with E-state index in [2.05, 4.69) is 10.2 Å². The van der Waals surface area contributed by atoms with Crippen molar-refractivity contribution in [2.75, 3.05) is 46.4 Å². The minimum atomic E-state index is 0.834. The molecule has 2 rings (SSSR count). The van der Waals surface area contributed by atoms with Crippen LogP contribution in [-0.2, 0) is 4.74 Å². The Morgan fingerprint density at radius 1 is 1.12 bits per heavy atom. The van der Waals surface area contributed by atoms with E-state index in [-0.39, 0.29) is 0 Å². The second-order valence-electron chi connectivity index (χ2n) is 5.71. The smallest absolute Gasteiger partial charge is 0.0587 e. The number of hydrogen-bond donors (Lipinski definition) is 1. The summed E-state index contributed by atoms with van der Waals surface area (Å²) in [5, 5.41) is 3.49. The van der Waals surface area contributed by atoms with E-state index in [1.807, 2.05) is 0 Å². The van der Waals surface area contributed by atoms with Gasteiger partial charge in [0.05, 0.1) is 6.61 Å². The number of nitrogens with zero attached hydrogens (tertiary/aromatic N) is 1. The van der Waals surface area contributed by atoms with E-state index in [1.165, 1.54) is 58.3 Å². The van der Waals surface area contributed by atoms with Crippen molar-refractivity contribution in [2.24, 2.45) is 11.8 Å². The highest BCUT2D eigenvalue weighted by Crippen LogP contribution is 2.32. The van der Waals surface area contributed by atoms with Gasteiger partial charge in [-0.3, -0.25) is 0 Å². The van der Waals surface area contributed by atoms with E-state index in [0.717, 1.165) is 25.0 Å². The van der Waals surface area contributed by atoms with E-state index in [9.17, 15) is 0 Å². The molecule has 1 saturated carbocycles. The summed E-state index contributed by atoms with van der Waals surface area (Å²) in [5.74, 6) is 1.98. The summed E-state index contributed by atoms with van der Waals surface area (Å²) in [6, 6.07) is 0. The quantitative estimate of drug-likeness (QED) is 0.654. The zero-order valence-corrected chi connectivity index (χ0v) is 11.3. The maximum Gasteiger partial charge on any atom is 0.0587 e. The Morgan fingerprint density at radius 2 is 1.88 bits per heavy atom. The van der Waals surface area contributed by atoms with Crippen molar-refractivity contribution in [2.45, 2.75) is 32.1 Å². The van der Waals surface area contributed by atoms with Gasteiger partial charge in [-0.1, -0.05) is 12.8 Å². The molecule has 0 aromatic rings. The lowest BCUT2D eigenvalue weighted by Crippen LogP contribution is -2.38. The molecule has 0 aromatic heterocycles. The molecule has 0 aromatic carbocycles. The summed E-state index contributed by atoms with van der Waals surface area (Å²) in [4.78, 5) is 2.67. The van der Waals surface area contributed by atoms with Crippen LogP contribution in [0.2, 0.25) is 0 Å². The molecule has 100 valence electrons. The summed E-state index contributed by atoms with van der Waals surface area (Å²) in [7, 11) is 1.76. The lowest BCUT2D eigenvalue weighted by Gasteiger charge is -2.32. The number of hydrogen-bond acceptors (Lipinski definition) is 3. The van der Waals surface area contributed by atoms with Crippen LogP contribution < -0.4 is 5.32 Å². The molecule has 1 aliphatic heterocycles. The first kappa shape index (κ1) is 13.3. The van der Waals surface area contributed by atoms with Gasteiger partial charge >= 0.3 is 0 Å². The van der Waals surface area contributed by atoms with E-state index in [1.54, 1.807) is 7.11 Å². The standard InChI is InChI=1S/C14H28N2O/c1-17-11-7-15-12-14-5-9-16(10-6-14)8-4-13-2-3-13/h13-15H,2-12H2,1H3. The number of ether oxygens (including phenoxy) is 1. The molecule has 0 bridgehead atoms. The molecule has 0 radical (unpaired) electrons. The molecule has 2 aliphatic rings. The number of piperidine rings is 1. The minimum absolute atomic E-state index is 0.834. The molecule has 1 N–H and O–H groups in total. The van der Waals surface area contributed by atoms with Gasteiger partial charge in [-0.2, -0.15) is 0 Å². The van der Waals surface area contributed by atoms with Crippen LogP contribution in [0.25, 0.3) is 0 Å². The second-order valence-corrected chi connectivity index (χ2v) is 5.71. The summed E-state index contributed by atoms with van der Waals surface area (Å²) < 4.78 is 5.04. The minimum Gasteiger partial charge on any atom is -0.383 e. The summed E-state index contributed by atoms with van der Waals surface area (Å²) in [6.45, 7) is 7.01. The Bertz CT molecular complexity index is 198. The molecular formula is C14H28N2O. The molecule has 0 spiro atoms. The largest absolute Gasteiger partial charge is 0.383 e. The van der Waals surface area contributed by atoms with Gasteiger partial charge in [0.1, 0.15) is 0 Å². The molecular weight excluding hydrogens is 212 g/mol. The van der Waals surface area contributed by atoms with E-state index in [0.29, 0.717) is 0 Å². The van der Waals surface area contributed by atoms with Crippen molar-refractivity contribution in [1.29, 1.82) is 0 Å². The van der Waals surface area contributed by atoms with Crippen LogP contribution >= 0.6 is 0 Å². The van der Waals surface area contributed by atoms with Crippen molar-refractivity contribution in [3.05, 3.63) is 0 Å². The van der Waals surface area contributed by atoms with Gasteiger partial charge in [0.25, 0.3) is 0 Å². The van der Waals surface area contributed by atoms with Crippen molar-refractivity contribution in [1.82, 2.24) is 10.2 Å². The lowest BCUT2D eigenvalue weighted by molar-refractivity contribution is 0.170. The molecule has 1 saturated heterocycles. The van der Waals surface area contributed by atoms with Crippen LogP contribution in [0, 0.1) is 11.8 Å². The van der Waals surface area contributed by atoms with E-state index in [4.69, 9.17) is 4.74 Å². The normalized spacial score (nSPS) is 23.1. The van der Waals surface area contributed by atoms with Crippen molar-refractivity contribution >= 4 is 0 Å². The third-order valence-electron chi connectivity index (χ3n) is 4.17. The van der Waals surface area contributed by atoms with Gasteiger partial charge in [0.2, 0.25) is 0 Å². The van der Waals surface area contributed by atoms with Crippen molar-refractivity contribution < 1.29 is 4.74 Å². The Kier molecular flexibility index (Phi) is 5.75. The summed E-state index contributed by atoms with van der Waals surface area (Å²) >= 11 is 0. The van der Waals surface area contributed by atoms with Crippen LogP contribution in [0.4, 0.5) is 0 Å². The number of likely N-dealkylation sites (tertiary alicyclic amines) is 1. The van der Waals surface area contributed by atoms with Gasteiger partial charge in [0.15, 0.2) is 0 Å². The summed E-state index contributed by atoms with van der Waals surface area (Å²) in [6.07, 6.45) is 7.21. The van der Waals surface area contributed by atoms with E-state index >= 15 is 0 Å². The number of rotatable bonds is 8. The fourth-order valence-corrected chi connectivity index (χ4v) is 2.67.